The molecule has 0 aliphatic heterocycles. The van der Waals surface area contributed by atoms with Gasteiger partial charge in [0.15, 0.2) is 16.1 Å². The fourth-order valence-corrected chi connectivity index (χ4v) is 6.47. The Kier molecular flexibility index (Phi) is 8.02. The summed E-state index contributed by atoms with van der Waals surface area (Å²) in [6.45, 7) is 2.68. The minimum absolute atomic E-state index is 0.154. The number of nitrogens with one attached hydrogen (secondary N) is 1. The van der Waals surface area contributed by atoms with Crippen LogP contribution in [0.5, 0.6) is 0 Å². The highest BCUT2D eigenvalue weighted by Gasteiger charge is 2.19. The molecule has 0 saturated heterocycles. The van der Waals surface area contributed by atoms with Crippen LogP contribution in [0.1, 0.15) is 6.92 Å². The van der Waals surface area contributed by atoms with Gasteiger partial charge in [0.2, 0.25) is 5.91 Å². The molecular weight excluding hydrogens is 595 g/mol. The molecule has 0 fully saturated rings. The highest BCUT2D eigenvalue weighted by molar-refractivity contribution is 7.99. The molecule has 3 heterocycles. The third kappa shape index (κ3) is 5.85. The lowest BCUT2D eigenvalue weighted by Gasteiger charge is -2.11. The molecule has 6 rings (SSSR count). The van der Waals surface area contributed by atoms with Gasteiger partial charge in [0, 0.05) is 39.0 Å². The molecule has 11 heteroatoms. The van der Waals surface area contributed by atoms with Crippen LogP contribution in [0.3, 0.4) is 0 Å². The van der Waals surface area contributed by atoms with E-state index in [1.807, 2.05) is 77.5 Å². The van der Waals surface area contributed by atoms with Gasteiger partial charge in [0.05, 0.1) is 27.7 Å². The molecule has 0 radical (unpaired) electrons. The van der Waals surface area contributed by atoms with Crippen molar-refractivity contribution in [1.82, 2.24) is 24.7 Å². The topological polar surface area (TPSA) is 85.6 Å². The van der Waals surface area contributed by atoms with E-state index < -0.39 is 0 Å². The van der Waals surface area contributed by atoms with Crippen molar-refractivity contribution in [2.45, 2.75) is 18.6 Å². The number of carbonyl (C=O) groups excluding carboxylic acids is 1. The average molecular weight is 618 g/mol. The van der Waals surface area contributed by atoms with E-state index >= 15 is 0 Å². The lowest BCUT2D eigenvalue weighted by atomic mass is 10.0. The van der Waals surface area contributed by atoms with Crippen LogP contribution in [0.25, 0.3) is 44.8 Å². The lowest BCUT2D eigenvalue weighted by molar-refractivity contribution is -0.113. The average Bonchev–Trinajstić information content (AvgIpc) is 3.62. The Hall–Kier alpha value is -3.76. The zero-order chi connectivity index (χ0) is 28.3. The number of thioether (sulfide) groups is 1. The van der Waals surface area contributed by atoms with E-state index in [1.165, 1.54) is 23.1 Å². The molecule has 0 aliphatic carbocycles. The number of fused-ring (bicyclic) bond motifs is 1. The molecule has 0 aliphatic rings. The number of hydrogen-bond donors (Lipinski definition) is 1. The Morgan fingerprint density at radius 3 is 2.54 bits per heavy atom. The number of benzene rings is 3. The minimum Gasteiger partial charge on any atom is -0.302 e. The van der Waals surface area contributed by atoms with Crippen molar-refractivity contribution in [2.24, 2.45) is 0 Å². The third-order valence-electron chi connectivity index (χ3n) is 6.35. The number of aromatic nitrogens is 5. The standard InChI is InChI=1S/C30H22Cl2N6OS2/c1-2-38-28(22-15-25(18-8-4-3-5-9-18)33-24-11-7-6-10-20(22)24)36-37-30(38)41-17-27(39)35-29-34-26(16-40-29)21-13-12-19(31)14-23(21)32/h3-16H,2,17H2,1H3,(H,34,35,39). The first-order valence-electron chi connectivity index (χ1n) is 12.7. The van der Waals surface area contributed by atoms with Gasteiger partial charge in [-0.1, -0.05) is 83.5 Å². The third-order valence-corrected chi connectivity index (χ3v) is 8.62. The Morgan fingerprint density at radius 2 is 1.73 bits per heavy atom. The molecule has 204 valence electrons. The van der Waals surface area contributed by atoms with Crippen LogP contribution in [0.15, 0.2) is 89.4 Å². The van der Waals surface area contributed by atoms with Crippen LogP contribution in [0, 0.1) is 0 Å². The van der Waals surface area contributed by atoms with E-state index in [9.17, 15) is 4.79 Å². The van der Waals surface area contributed by atoms with Gasteiger partial charge in [0.25, 0.3) is 0 Å². The number of hydrogen-bond acceptors (Lipinski definition) is 7. The molecule has 0 unspecified atom stereocenters. The molecule has 0 spiro atoms. The largest absolute Gasteiger partial charge is 0.302 e. The molecule has 3 aromatic heterocycles. The van der Waals surface area contributed by atoms with E-state index in [0.29, 0.717) is 32.6 Å². The summed E-state index contributed by atoms with van der Waals surface area (Å²) in [4.78, 5) is 22.2. The van der Waals surface area contributed by atoms with Crippen LogP contribution >= 0.6 is 46.3 Å². The second kappa shape index (κ2) is 12.0. The van der Waals surface area contributed by atoms with Crippen molar-refractivity contribution in [3.63, 3.8) is 0 Å². The maximum absolute atomic E-state index is 12.8. The van der Waals surface area contributed by atoms with Crippen molar-refractivity contribution in [3.8, 4) is 33.9 Å². The van der Waals surface area contributed by atoms with Crippen molar-refractivity contribution in [3.05, 3.63) is 94.3 Å². The number of thiazole rings is 1. The summed E-state index contributed by atoms with van der Waals surface area (Å²) in [5.41, 5.74) is 5.14. The summed E-state index contributed by atoms with van der Waals surface area (Å²) < 4.78 is 2.03. The summed E-state index contributed by atoms with van der Waals surface area (Å²) in [7, 11) is 0. The summed E-state index contributed by atoms with van der Waals surface area (Å²) in [5, 5.41) is 16.9. The second-order valence-corrected chi connectivity index (χ2v) is 11.6. The molecule has 1 N–H and O–H groups in total. The fourth-order valence-electron chi connectivity index (χ4n) is 4.43. The maximum atomic E-state index is 12.8. The number of halogens is 2. The lowest BCUT2D eigenvalue weighted by Crippen LogP contribution is -2.14. The number of carbonyl (C=O) groups is 1. The van der Waals surface area contributed by atoms with Crippen LogP contribution < -0.4 is 5.32 Å². The van der Waals surface area contributed by atoms with Gasteiger partial charge < -0.3 is 9.88 Å². The Balaban J connectivity index is 1.22. The predicted molar refractivity (Wildman–Crippen MR) is 169 cm³/mol. The number of nitrogens with zero attached hydrogens (tertiary/aromatic N) is 5. The molecule has 6 aromatic rings. The molecule has 7 nitrogen and oxygen atoms in total. The zero-order valence-corrected chi connectivity index (χ0v) is 24.9. The number of para-hydroxylation sites is 1. The summed E-state index contributed by atoms with van der Waals surface area (Å²) in [6.07, 6.45) is 0. The molecule has 1 amide bonds. The molecule has 0 atom stereocenters. The van der Waals surface area contributed by atoms with E-state index in [0.717, 1.165) is 39.1 Å². The normalized spacial score (nSPS) is 11.2. The van der Waals surface area contributed by atoms with Crippen LogP contribution in [-0.4, -0.2) is 36.4 Å². The van der Waals surface area contributed by atoms with Gasteiger partial charge in [-0.15, -0.1) is 21.5 Å². The highest BCUT2D eigenvalue weighted by atomic mass is 35.5. The second-order valence-electron chi connectivity index (χ2n) is 8.99. The number of rotatable bonds is 8. The molecule has 0 saturated carbocycles. The fraction of sp³-hybridized carbons (Fsp3) is 0.100. The quantitative estimate of drug-likeness (QED) is 0.173. The molecule has 0 bridgehead atoms. The van der Waals surface area contributed by atoms with Crippen molar-refractivity contribution < 1.29 is 4.79 Å². The molecule has 41 heavy (non-hydrogen) atoms. The van der Waals surface area contributed by atoms with Crippen molar-refractivity contribution in [2.75, 3.05) is 11.1 Å². The van der Waals surface area contributed by atoms with Gasteiger partial charge in [-0.2, -0.15) is 0 Å². The van der Waals surface area contributed by atoms with Crippen molar-refractivity contribution >= 4 is 68.2 Å². The van der Waals surface area contributed by atoms with Crippen LogP contribution in [-0.2, 0) is 11.3 Å². The first-order chi connectivity index (χ1) is 20.0. The number of pyridine rings is 1. The van der Waals surface area contributed by atoms with Gasteiger partial charge in [-0.3, -0.25) is 4.79 Å². The predicted octanol–water partition coefficient (Wildman–Crippen LogP) is 8.34. The number of amides is 1. The van der Waals surface area contributed by atoms with Gasteiger partial charge in [0.1, 0.15) is 0 Å². The van der Waals surface area contributed by atoms with E-state index in [1.54, 1.807) is 12.1 Å². The van der Waals surface area contributed by atoms with Crippen LogP contribution in [0.2, 0.25) is 10.0 Å². The SMILES string of the molecule is CCn1c(SCC(=O)Nc2nc(-c3ccc(Cl)cc3Cl)cs2)nnc1-c1cc(-c2ccccc2)nc2ccccc12. The first-order valence-corrected chi connectivity index (χ1v) is 15.3. The van der Waals surface area contributed by atoms with Gasteiger partial charge >= 0.3 is 0 Å². The van der Waals surface area contributed by atoms with Crippen molar-refractivity contribution in [1.29, 1.82) is 0 Å². The summed E-state index contributed by atoms with van der Waals surface area (Å²) >= 11 is 15.0. The Labute approximate surface area is 254 Å². The Morgan fingerprint density at radius 1 is 0.927 bits per heavy atom. The summed E-state index contributed by atoms with van der Waals surface area (Å²) in [5.74, 6) is 0.697. The monoisotopic (exact) mass is 616 g/mol. The van der Waals surface area contributed by atoms with Crippen LogP contribution in [0.4, 0.5) is 5.13 Å². The van der Waals surface area contributed by atoms with E-state index in [2.05, 4.69) is 26.6 Å². The molecule has 3 aromatic carbocycles. The van der Waals surface area contributed by atoms with Gasteiger partial charge in [-0.05, 0) is 37.3 Å². The number of anilines is 1. The van der Waals surface area contributed by atoms with E-state index in [-0.39, 0.29) is 11.7 Å². The van der Waals surface area contributed by atoms with Gasteiger partial charge in [-0.25, -0.2) is 9.97 Å². The Bertz CT molecular complexity index is 1870. The first kappa shape index (κ1) is 27.4. The highest BCUT2D eigenvalue weighted by Crippen LogP contribution is 2.34. The summed E-state index contributed by atoms with van der Waals surface area (Å²) in [6, 6.07) is 25.4. The maximum Gasteiger partial charge on any atom is 0.236 e. The zero-order valence-electron chi connectivity index (χ0n) is 21.7. The minimum atomic E-state index is -0.189. The van der Waals surface area contributed by atoms with E-state index in [4.69, 9.17) is 28.2 Å². The molecular formula is C30H22Cl2N6OS2. The smallest absolute Gasteiger partial charge is 0.236 e.